The van der Waals surface area contributed by atoms with Gasteiger partial charge >= 0.3 is 0 Å². The molecule has 0 saturated heterocycles. The van der Waals surface area contributed by atoms with Crippen LogP contribution in [0.5, 0.6) is 5.75 Å². The lowest BCUT2D eigenvalue weighted by Crippen LogP contribution is -2.24. The van der Waals surface area contributed by atoms with Crippen molar-refractivity contribution in [2.45, 2.75) is 23.5 Å². The smallest absolute Gasteiger partial charge is 0.262 e. The highest BCUT2D eigenvalue weighted by molar-refractivity contribution is 14.1. The lowest BCUT2D eigenvalue weighted by molar-refractivity contribution is -0.118. The second kappa shape index (κ2) is 11.8. The lowest BCUT2D eigenvalue weighted by atomic mass is 10.3. The van der Waals surface area contributed by atoms with Crippen molar-refractivity contribution in [3.63, 3.8) is 0 Å². The molecule has 3 aromatic carbocycles. The molecule has 1 unspecified atom stereocenters. The molecule has 0 bridgehead atoms. The van der Waals surface area contributed by atoms with Crippen LogP contribution in [0.3, 0.4) is 0 Å². The highest BCUT2D eigenvalue weighted by Crippen LogP contribution is 2.28. The van der Waals surface area contributed by atoms with Crippen molar-refractivity contribution in [1.82, 2.24) is 0 Å². The summed E-state index contributed by atoms with van der Waals surface area (Å²) in [6.45, 7) is 1.91. The van der Waals surface area contributed by atoms with E-state index < -0.39 is 0 Å². The lowest BCUT2D eigenvalue weighted by Gasteiger charge is -2.15. The monoisotopic (exact) mass is 546 g/mol. The third kappa shape index (κ3) is 7.59. The van der Waals surface area contributed by atoms with Crippen LogP contribution in [0.1, 0.15) is 13.3 Å². The minimum atomic E-state index is -0.244. The number of hydrogen-bond donors (Lipinski definition) is 2. The predicted octanol–water partition coefficient (Wildman–Crippen LogP) is 5.82. The molecule has 0 radical (unpaired) electrons. The van der Waals surface area contributed by atoms with Crippen LogP contribution in [-0.2, 0) is 9.59 Å². The molecular weight excluding hydrogens is 523 g/mol. The van der Waals surface area contributed by atoms with Gasteiger partial charge in [0.1, 0.15) is 5.75 Å². The van der Waals surface area contributed by atoms with Crippen LogP contribution >= 0.6 is 34.4 Å². The van der Waals surface area contributed by atoms with Gasteiger partial charge in [0, 0.05) is 19.8 Å². The molecule has 2 N–H and O–H groups in total. The Kier molecular flexibility index (Phi) is 8.78. The summed E-state index contributed by atoms with van der Waals surface area (Å²) in [7, 11) is 0. The van der Waals surface area contributed by atoms with Gasteiger partial charge in [0.15, 0.2) is 6.61 Å². The SMILES string of the molecule is CCC(Sc1cccc(NC(=O)COc2ccccc2)c1)C(=O)Nc1ccc(I)cc1. The predicted molar refractivity (Wildman–Crippen MR) is 135 cm³/mol. The number of carbonyl (C=O) groups is 2. The van der Waals surface area contributed by atoms with Gasteiger partial charge in [0.2, 0.25) is 5.91 Å². The van der Waals surface area contributed by atoms with E-state index in [1.165, 1.54) is 11.8 Å². The summed E-state index contributed by atoms with van der Waals surface area (Å²) in [5.74, 6) is 0.362. The molecule has 5 nitrogen and oxygen atoms in total. The number of para-hydroxylation sites is 1. The second-order valence-electron chi connectivity index (χ2n) is 6.69. The first-order valence-corrected chi connectivity index (χ1v) is 11.8. The topological polar surface area (TPSA) is 67.4 Å². The average Bonchev–Trinajstić information content (AvgIpc) is 2.78. The van der Waals surface area contributed by atoms with E-state index in [0.717, 1.165) is 14.2 Å². The summed E-state index contributed by atoms with van der Waals surface area (Å²) in [5.41, 5.74) is 1.45. The summed E-state index contributed by atoms with van der Waals surface area (Å²) < 4.78 is 6.59. The molecule has 3 rings (SSSR count). The molecule has 0 aliphatic heterocycles. The van der Waals surface area contributed by atoms with Crippen LogP contribution in [0.15, 0.2) is 83.8 Å². The van der Waals surface area contributed by atoms with Crippen LogP contribution in [0.2, 0.25) is 0 Å². The molecule has 0 spiro atoms. The molecule has 3 aromatic rings. The van der Waals surface area contributed by atoms with Gasteiger partial charge in [0.25, 0.3) is 5.91 Å². The summed E-state index contributed by atoms with van der Waals surface area (Å²) in [4.78, 5) is 25.8. The van der Waals surface area contributed by atoms with E-state index in [-0.39, 0.29) is 23.7 Å². The van der Waals surface area contributed by atoms with E-state index in [1.807, 2.05) is 73.7 Å². The first-order valence-electron chi connectivity index (χ1n) is 9.84. The normalized spacial score (nSPS) is 11.4. The van der Waals surface area contributed by atoms with Crippen LogP contribution < -0.4 is 15.4 Å². The first kappa shape index (κ1) is 23.1. The Balaban J connectivity index is 1.56. The summed E-state index contributed by atoms with van der Waals surface area (Å²) in [6, 6.07) is 24.4. The summed E-state index contributed by atoms with van der Waals surface area (Å²) in [6.07, 6.45) is 0.683. The molecular formula is C24H23IN2O3S. The standard InChI is InChI=1S/C24H23IN2O3S/c1-2-22(24(29)27-18-13-11-17(25)12-14-18)31-21-10-6-7-19(15-21)26-23(28)16-30-20-8-4-3-5-9-20/h3-15,22H,2,16H2,1H3,(H,26,28)(H,27,29). The maximum absolute atomic E-state index is 12.7. The van der Waals surface area contributed by atoms with Gasteiger partial charge in [-0.05, 0) is 83.6 Å². The van der Waals surface area contributed by atoms with Crippen molar-refractivity contribution < 1.29 is 14.3 Å². The minimum Gasteiger partial charge on any atom is -0.484 e. The number of rotatable bonds is 9. The molecule has 1 atom stereocenters. The van der Waals surface area contributed by atoms with Crippen molar-refractivity contribution in [2.24, 2.45) is 0 Å². The largest absolute Gasteiger partial charge is 0.484 e. The maximum Gasteiger partial charge on any atom is 0.262 e. The number of amides is 2. The van der Waals surface area contributed by atoms with Crippen molar-refractivity contribution in [1.29, 1.82) is 0 Å². The van der Waals surface area contributed by atoms with Crippen molar-refractivity contribution in [3.8, 4) is 5.75 Å². The van der Waals surface area contributed by atoms with Gasteiger partial charge in [-0.15, -0.1) is 11.8 Å². The van der Waals surface area contributed by atoms with Crippen LogP contribution in [0.25, 0.3) is 0 Å². The van der Waals surface area contributed by atoms with Crippen molar-refractivity contribution >= 4 is 57.5 Å². The molecule has 0 fully saturated rings. The Labute approximate surface area is 200 Å². The van der Waals surface area contributed by atoms with Gasteiger partial charge in [-0.25, -0.2) is 0 Å². The Morgan fingerprint density at radius 2 is 1.68 bits per heavy atom. The number of thioether (sulfide) groups is 1. The van der Waals surface area contributed by atoms with Gasteiger partial charge in [0.05, 0.1) is 5.25 Å². The first-order chi connectivity index (χ1) is 15.0. The third-order valence-corrected chi connectivity index (χ3v) is 6.36. The Hall–Kier alpha value is -2.52. The summed E-state index contributed by atoms with van der Waals surface area (Å²) in [5, 5.41) is 5.57. The number of anilines is 2. The fourth-order valence-electron chi connectivity index (χ4n) is 2.75. The fourth-order valence-corrected chi connectivity index (χ4v) is 4.13. The molecule has 0 aliphatic carbocycles. The van der Waals surface area contributed by atoms with Crippen molar-refractivity contribution in [2.75, 3.05) is 17.2 Å². The highest BCUT2D eigenvalue weighted by atomic mass is 127. The van der Waals surface area contributed by atoms with Crippen molar-refractivity contribution in [3.05, 3.63) is 82.4 Å². The second-order valence-corrected chi connectivity index (χ2v) is 9.21. The number of carbonyl (C=O) groups excluding carboxylic acids is 2. The van der Waals surface area contributed by atoms with Gasteiger partial charge in [-0.3, -0.25) is 9.59 Å². The van der Waals surface area contributed by atoms with E-state index in [1.54, 1.807) is 12.1 Å². The molecule has 7 heteroatoms. The zero-order valence-electron chi connectivity index (χ0n) is 17.0. The van der Waals surface area contributed by atoms with Crippen LogP contribution in [-0.4, -0.2) is 23.7 Å². The fraction of sp³-hybridized carbons (Fsp3) is 0.167. The van der Waals surface area contributed by atoms with E-state index in [2.05, 4.69) is 33.2 Å². The Morgan fingerprint density at radius 1 is 0.935 bits per heavy atom. The number of halogens is 1. The molecule has 0 heterocycles. The van der Waals surface area contributed by atoms with Crippen LogP contribution in [0, 0.1) is 3.57 Å². The number of nitrogens with one attached hydrogen (secondary N) is 2. The maximum atomic E-state index is 12.7. The number of ether oxygens (including phenoxy) is 1. The molecule has 0 saturated carbocycles. The quantitative estimate of drug-likeness (QED) is 0.262. The zero-order chi connectivity index (χ0) is 22.1. The molecule has 0 aliphatic rings. The van der Waals surface area contributed by atoms with Crippen LogP contribution in [0.4, 0.5) is 11.4 Å². The highest BCUT2D eigenvalue weighted by Gasteiger charge is 2.18. The van der Waals surface area contributed by atoms with E-state index in [4.69, 9.17) is 4.74 Å². The summed E-state index contributed by atoms with van der Waals surface area (Å²) >= 11 is 3.71. The Bertz CT molecular complexity index is 1010. The van der Waals surface area contributed by atoms with Gasteiger partial charge in [-0.2, -0.15) is 0 Å². The molecule has 160 valence electrons. The Morgan fingerprint density at radius 3 is 2.39 bits per heavy atom. The van der Waals surface area contributed by atoms with E-state index in [0.29, 0.717) is 17.9 Å². The minimum absolute atomic E-state index is 0.0422. The molecule has 2 amide bonds. The third-order valence-electron chi connectivity index (χ3n) is 4.28. The molecule has 31 heavy (non-hydrogen) atoms. The number of benzene rings is 3. The van der Waals surface area contributed by atoms with Gasteiger partial charge < -0.3 is 15.4 Å². The van der Waals surface area contributed by atoms with E-state index >= 15 is 0 Å². The molecule has 0 aromatic heterocycles. The van der Waals surface area contributed by atoms with E-state index in [9.17, 15) is 9.59 Å². The average molecular weight is 546 g/mol. The number of hydrogen-bond acceptors (Lipinski definition) is 4. The zero-order valence-corrected chi connectivity index (χ0v) is 20.0. The van der Waals surface area contributed by atoms with Gasteiger partial charge in [-0.1, -0.05) is 31.2 Å².